The van der Waals surface area contributed by atoms with E-state index in [1.807, 2.05) is 18.2 Å². The Kier molecular flexibility index (Phi) is 3.71. The molecule has 102 valence electrons. The van der Waals surface area contributed by atoms with E-state index >= 15 is 0 Å². The van der Waals surface area contributed by atoms with Crippen molar-refractivity contribution in [2.75, 3.05) is 0 Å². The molecule has 1 aromatic heterocycles. The van der Waals surface area contributed by atoms with E-state index in [0.29, 0.717) is 11.5 Å². The molecule has 0 unspecified atom stereocenters. The van der Waals surface area contributed by atoms with E-state index in [0.717, 1.165) is 15.5 Å². The van der Waals surface area contributed by atoms with Gasteiger partial charge in [0.25, 0.3) is 0 Å². The van der Waals surface area contributed by atoms with Crippen LogP contribution in [0, 0.1) is 5.82 Å². The number of hydrogen-bond donors (Lipinski definition) is 0. The van der Waals surface area contributed by atoms with E-state index in [-0.39, 0.29) is 10.9 Å². The zero-order chi connectivity index (χ0) is 14.3. The van der Waals surface area contributed by atoms with Crippen LogP contribution in [0.3, 0.4) is 0 Å². The maximum Gasteiger partial charge on any atom is 0.165 e. The maximum atomic E-state index is 14.3. The van der Waals surface area contributed by atoms with E-state index in [1.54, 1.807) is 16.7 Å². The van der Waals surface area contributed by atoms with Gasteiger partial charge in [0.05, 0.1) is 27.6 Å². The topological polar surface area (TPSA) is 17.8 Å². The zero-order valence-corrected chi connectivity index (χ0v) is 13.2. The molecule has 3 aromatic rings. The Morgan fingerprint density at radius 3 is 2.80 bits per heavy atom. The zero-order valence-electron chi connectivity index (χ0n) is 10.1. The summed E-state index contributed by atoms with van der Waals surface area (Å²) in [6.07, 6.45) is 0. The minimum atomic E-state index is -0.484. The van der Waals surface area contributed by atoms with Crippen LogP contribution in [-0.2, 0) is 5.88 Å². The second-order valence-corrected chi connectivity index (χ2v) is 5.79. The van der Waals surface area contributed by atoms with Crippen LogP contribution in [-0.4, -0.2) is 9.55 Å². The minimum Gasteiger partial charge on any atom is -0.292 e. The van der Waals surface area contributed by atoms with Gasteiger partial charge in [-0.15, -0.1) is 11.6 Å². The highest BCUT2D eigenvalue weighted by molar-refractivity contribution is 9.10. The summed E-state index contributed by atoms with van der Waals surface area (Å²) in [7, 11) is 0. The smallest absolute Gasteiger partial charge is 0.165 e. The molecule has 0 atom stereocenters. The van der Waals surface area contributed by atoms with Crippen molar-refractivity contribution in [3.8, 4) is 5.69 Å². The van der Waals surface area contributed by atoms with Crippen molar-refractivity contribution in [2.24, 2.45) is 0 Å². The number of fused-ring (bicyclic) bond motifs is 1. The van der Waals surface area contributed by atoms with Crippen LogP contribution in [0.4, 0.5) is 4.39 Å². The van der Waals surface area contributed by atoms with Crippen LogP contribution < -0.4 is 0 Å². The van der Waals surface area contributed by atoms with Crippen LogP contribution in [0.1, 0.15) is 5.82 Å². The van der Waals surface area contributed by atoms with Gasteiger partial charge in [0.15, 0.2) is 5.82 Å². The van der Waals surface area contributed by atoms with Gasteiger partial charge in [-0.1, -0.05) is 33.6 Å². The summed E-state index contributed by atoms with van der Waals surface area (Å²) in [4.78, 5) is 4.43. The summed E-state index contributed by atoms with van der Waals surface area (Å²) in [5.41, 5.74) is 1.87. The number of alkyl halides is 1. The van der Waals surface area contributed by atoms with Crippen LogP contribution in [0.15, 0.2) is 40.9 Å². The van der Waals surface area contributed by atoms with Crippen molar-refractivity contribution >= 4 is 50.2 Å². The van der Waals surface area contributed by atoms with E-state index < -0.39 is 5.82 Å². The number of imidazole rings is 1. The first-order valence-corrected chi connectivity index (χ1v) is 7.49. The molecule has 0 amide bonds. The van der Waals surface area contributed by atoms with E-state index in [2.05, 4.69) is 20.9 Å². The molecule has 20 heavy (non-hydrogen) atoms. The van der Waals surface area contributed by atoms with Crippen LogP contribution in [0.25, 0.3) is 16.7 Å². The van der Waals surface area contributed by atoms with Gasteiger partial charge in [-0.3, -0.25) is 4.57 Å². The Morgan fingerprint density at radius 2 is 2.05 bits per heavy atom. The molecule has 0 fully saturated rings. The molecule has 2 nitrogen and oxygen atoms in total. The predicted molar refractivity (Wildman–Crippen MR) is 83.3 cm³/mol. The molecule has 6 heteroatoms. The van der Waals surface area contributed by atoms with Gasteiger partial charge in [-0.2, -0.15) is 0 Å². The van der Waals surface area contributed by atoms with Crippen molar-refractivity contribution in [2.45, 2.75) is 5.88 Å². The first-order valence-electron chi connectivity index (χ1n) is 5.79. The van der Waals surface area contributed by atoms with Crippen molar-refractivity contribution < 1.29 is 4.39 Å². The molecule has 2 aromatic carbocycles. The summed E-state index contributed by atoms with van der Waals surface area (Å²) >= 11 is 15.2. The minimum absolute atomic E-state index is 0.0713. The van der Waals surface area contributed by atoms with Gasteiger partial charge >= 0.3 is 0 Å². The Bertz CT molecular complexity index is 801. The summed E-state index contributed by atoms with van der Waals surface area (Å²) < 4.78 is 16.9. The lowest BCUT2D eigenvalue weighted by atomic mass is 10.2. The summed E-state index contributed by atoms with van der Waals surface area (Å²) in [5, 5.41) is 0.0713. The highest BCUT2D eigenvalue weighted by atomic mass is 79.9. The van der Waals surface area contributed by atoms with E-state index in [9.17, 15) is 4.39 Å². The molecule has 1 heterocycles. The summed E-state index contributed by atoms with van der Waals surface area (Å²) in [5.74, 6) is 0.266. The second-order valence-electron chi connectivity index (χ2n) is 4.20. The molecule has 0 saturated carbocycles. The summed E-state index contributed by atoms with van der Waals surface area (Å²) in [6, 6.07) is 10.5. The monoisotopic (exact) mass is 372 g/mol. The van der Waals surface area contributed by atoms with Crippen LogP contribution in [0.5, 0.6) is 0 Å². The van der Waals surface area contributed by atoms with Gasteiger partial charge in [-0.25, -0.2) is 9.37 Å². The Hall–Kier alpha value is -1.10. The SMILES string of the molecule is Fc1c(Cl)cccc1-n1c(CCl)nc2cc(Br)ccc21. The van der Waals surface area contributed by atoms with Gasteiger partial charge < -0.3 is 0 Å². The number of aromatic nitrogens is 2. The third-order valence-corrected chi connectivity index (χ3v) is 4.00. The number of benzene rings is 2. The number of hydrogen-bond acceptors (Lipinski definition) is 1. The maximum absolute atomic E-state index is 14.3. The van der Waals surface area contributed by atoms with Crippen molar-refractivity contribution in [3.05, 3.63) is 57.5 Å². The Balaban J connectivity index is 2.37. The first-order chi connectivity index (χ1) is 9.61. The molecule has 0 aliphatic carbocycles. The van der Waals surface area contributed by atoms with Gasteiger partial charge in [-0.05, 0) is 30.3 Å². The Morgan fingerprint density at radius 1 is 1.25 bits per heavy atom. The molecular formula is C14H8BrCl2FN2. The van der Waals surface area contributed by atoms with Gasteiger partial charge in [0.2, 0.25) is 0 Å². The number of halogens is 4. The molecule has 0 saturated heterocycles. The van der Waals surface area contributed by atoms with Crippen molar-refractivity contribution in [1.29, 1.82) is 0 Å². The third-order valence-electron chi connectivity index (χ3n) is 2.98. The van der Waals surface area contributed by atoms with Gasteiger partial charge in [0, 0.05) is 4.47 Å². The van der Waals surface area contributed by atoms with Crippen molar-refractivity contribution in [1.82, 2.24) is 9.55 Å². The lowest BCUT2D eigenvalue weighted by Gasteiger charge is -2.09. The fourth-order valence-electron chi connectivity index (χ4n) is 2.13. The average Bonchev–Trinajstić information content (AvgIpc) is 2.79. The lowest BCUT2D eigenvalue weighted by Crippen LogP contribution is -2.02. The standard InChI is InChI=1S/C14H8BrCl2FN2/c15-8-4-5-11-10(6-8)19-13(7-16)20(11)12-3-1-2-9(17)14(12)18/h1-6H,7H2. The fourth-order valence-corrected chi connectivity index (χ4v) is 2.82. The Labute approximate surface area is 133 Å². The molecule has 3 rings (SSSR count). The normalized spacial score (nSPS) is 11.2. The number of nitrogens with zero attached hydrogens (tertiary/aromatic N) is 2. The van der Waals surface area contributed by atoms with Gasteiger partial charge in [0.1, 0.15) is 5.82 Å². The third kappa shape index (κ3) is 2.22. The molecular weight excluding hydrogens is 366 g/mol. The van der Waals surface area contributed by atoms with E-state index in [4.69, 9.17) is 23.2 Å². The molecule has 0 aliphatic heterocycles. The molecule has 0 spiro atoms. The molecule has 0 N–H and O–H groups in total. The highest BCUT2D eigenvalue weighted by Gasteiger charge is 2.16. The fraction of sp³-hybridized carbons (Fsp3) is 0.0714. The average molecular weight is 374 g/mol. The quantitative estimate of drug-likeness (QED) is 0.556. The van der Waals surface area contributed by atoms with Crippen LogP contribution >= 0.6 is 39.1 Å². The predicted octanol–water partition coefficient (Wildman–Crippen LogP) is 5.32. The van der Waals surface area contributed by atoms with E-state index in [1.165, 1.54) is 6.07 Å². The highest BCUT2D eigenvalue weighted by Crippen LogP contribution is 2.28. The molecule has 0 aliphatic rings. The van der Waals surface area contributed by atoms with Crippen molar-refractivity contribution in [3.63, 3.8) is 0 Å². The number of rotatable bonds is 2. The molecule has 0 bridgehead atoms. The second kappa shape index (κ2) is 5.35. The lowest BCUT2D eigenvalue weighted by molar-refractivity contribution is 0.618. The molecule has 0 radical (unpaired) electrons. The van der Waals surface area contributed by atoms with Crippen LogP contribution in [0.2, 0.25) is 5.02 Å². The first kappa shape index (κ1) is 13.9. The largest absolute Gasteiger partial charge is 0.292 e. The summed E-state index contributed by atoms with van der Waals surface area (Å²) in [6.45, 7) is 0.